The molecule has 2 rings (SSSR count). The molecule has 0 spiro atoms. The molecule has 0 heterocycles. The third-order valence-electron chi connectivity index (χ3n) is 3.07. The van der Waals surface area contributed by atoms with Crippen LogP contribution in [0.15, 0.2) is 24.3 Å². The number of amides is 1. The first kappa shape index (κ1) is 14.7. The van der Waals surface area contributed by atoms with E-state index in [-0.39, 0.29) is 23.7 Å². The molecule has 0 aromatic heterocycles. The van der Waals surface area contributed by atoms with Gasteiger partial charge in [-0.3, -0.25) is 4.79 Å². The molecule has 0 aliphatic heterocycles. The van der Waals surface area contributed by atoms with Crippen molar-refractivity contribution in [2.24, 2.45) is 0 Å². The lowest BCUT2D eigenvalue weighted by atomic mass is 10.1. The van der Waals surface area contributed by atoms with Gasteiger partial charge in [0.1, 0.15) is 5.75 Å². The van der Waals surface area contributed by atoms with Gasteiger partial charge in [-0.25, -0.2) is 0 Å². The fourth-order valence-corrected chi connectivity index (χ4v) is 2.12. The molecule has 1 aliphatic carbocycles. The Labute approximate surface area is 115 Å². The highest BCUT2D eigenvalue weighted by molar-refractivity contribution is 5.95. The largest absolute Gasteiger partial charge is 0.573 e. The number of hydrogen-bond donors (Lipinski definition) is 0. The molecule has 0 saturated heterocycles. The monoisotopic (exact) mass is 287 g/mol. The van der Waals surface area contributed by atoms with Crippen LogP contribution < -0.4 is 4.74 Å². The highest BCUT2D eigenvalue weighted by Gasteiger charge is 2.35. The first-order chi connectivity index (χ1) is 9.28. The first-order valence-electron chi connectivity index (χ1n) is 6.46. The number of ether oxygens (including phenoxy) is 1. The lowest BCUT2D eigenvalue weighted by Crippen LogP contribution is -2.38. The molecule has 1 aliphatic rings. The van der Waals surface area contributed by atoms with Crippen LogP contribution in [-0.4, -0.2) is 29.3 Å². The average molecular weight is 287 g/mol. The van der Waals surface area contributed by atoms with E-state index in [1.165, 1.54) is 12.1 Å². The number of alkyl halides is 3. The summed E-state index contributed by atoms with van der Waals surface area (Å²) in [6.45, 7) is 3.86. The molecule has 1 saturated carbocycles. The fourth-order valence-electron chi connectivity index (χ4n) is 2.12. The van der Waals surface area contributed by atoms with Crippen LogP contribution in [0.1, 0.15) is 37.0 Å². The Bertz CT molecular complexity index is 476. The maximum absolute atomic E-state index is 12.3. The highest BCUT2D eigenvalue weighted by Crippen LogP contribution is 2.30. The van der Waals surface area contributed by atoms with Crippen molar-refractivity contribution in [3.8, 4) is 5.75 Å². The zero-order valence-corrected chi connectivity index (χ0v) is 11.3. The highest BCUT2D eigenvalue weighted by atomic mass is 19.4. The van der Waals surface area contributed by atoms with Crippen LogP contribution >= 0.6 is 0 Å². The zero-order chi connectivity index (χ0) is 14.9. The van der Waals surface area contributed by atoms with Crippen molar-refractivity contribution in [2.75, 3.05) is 0 Å². The predicted molar refractivity (Wildman–Crippen MR) is 67.5 cm³/mol. The van der Waals surface area contributed by atoms with Crippen LogP contribution in [0.5, 0.6) is 5.75 Å². The van der Waals surface area contributed by atoms with Gasteiger partial charge in [-0.1, -0.05) is 0 Å². The summed E-state index contributed by atoms with van der Waals surface area (Å²) in [5.41, 5.74) is 0.375. The Kier molecular flexibility index (Phi) is 3.92. The van der Waals surface area contributed by atoms with Gasteiger partial charge < -0.3 is 9.64 Å². The maximum Gasteiger partial charge on any atom is 0.573 e. The van der Waals surface area contributed by atoms with E-state index in [0.29, 0.717) is 5.56 Å². The molecule has 1 aromatic rings. The van der Waals surface area contributed by atoms with Crippen molar-refractivity contribution in [1.29, 1.82) is 0 Å². The van der Waals surface area contributed by atoms with Crippen molar-refractivity contribution >= 4 is 5.91 Å². The summed E-state index contributed by atoms with van der Waals surface area (Å²) in [7, 11) is 0. The molecule has 0 unspecified atom stereocenters. The van der Waals surface area contributed by atoms with E-state index in [2.05, 4.69) is 4.74 Å². The second kappa shape index (κ2) is 5.34. The number of hydrogen-bond acceptors (Lipinski definition) is 2. The maximum atomic E-state index is 12.3. The average Bonchev–Trinajstić information content (AvgIpc) is 3.12. The summed E-state index contributed by atoms with van der Waals surface area (Å²) in [6.07, 6.45) is -2.75. The molecule has 1 fully saturated rings. The summed E-state index contributed by atoms with van der Waals surface area (Å²) < 4.78 is 39.9. The van der Waals surface area contributed by atoms with E-state index in [1.807, 2.05) is 13.8 Å². The quantitative estimate of drug-likeness (QED) is 0.846. The Hall–Kier alpha value is -1.72. The summed E-state index contributed by atoms with van der Waals surface area (Å²) in [5, 5.41) is 0. The van der Waals surface area contributed by atoms with Gasteiger partial charge >= 0.3 is 6.36 Å². The number of carbonyl (C=O) groups is 1. The van der Waals surface area contributed by atoms with Crippen molar-refractivity contribution in [3.63, 3.8) is 0 Å². The standard InChI is InChI=1S/C14H16F3NO2/c1-9(2)18(11-5-6-11)13(19)10-3-7-12(8-4-10)20-14(15,16)17/h3-4,7-9,11H,5-6H2,1-2H3. The first-order valence-corrected chi connectivity index (χ1v) is 6.46. The molecule has 0 radical (unpaired) electrons. The van der Waals surface area contributed by atoms with E-state index in [0.717, 1.165) is 25.0 Å². The summed E-state index contributed by atoms with van der Waals surface area (Å²) in [4.78, 5) is 14.1. The van der Waals surface area contributed by atoms with Gasteiger partial charge in [0.25, 0.3) is 5.91 Å². The minimum atomic E-state index is -4.72. The van der Waals surface area contributed by atoms with Crippen molar-refractivity contribution in [3.05, 3.63) is 29.8 Å². The molecule has 0 N–H and O–H groups in total. The van der Waals surface area contributed by atoms with E-state index < -0.39 is 6.36 Å². The topological polar surface area (TPSA) is 29.5 Å². The van der Waals surface area contributed by atoms with Crippen LogP contribution in [0.25, 0.3) is 0 Å². The minimum absolute atomic E-state index is 0.0705. The lowest BCUT2D eigenvalue weighted by molar-refractivity contribution is -0.274. The van der Waals surface area contributed by atoms with Gasteiger partial charge in [-0.05, 0) is 51.0 Å². The predicted octanol–water partition coefficient (Wildman–Crippen LogP) is 3.60. The number of nitrogens with zero attached hydrogens (tertiary/aromatic N) is 1. The van der Waals surface area contributed by atoms with Crippen LogP contribution in [0.2, 0.25) is 0 Å². The van der Waals surface area contributed by atoms with Crippen LogP contribution in [0.3, 0.4) is 0 Å². The molecule has 0 atom stereocenters. The number of carbonyl (C=O) groups excluding carboxylic acids is 1. The lowest BCUT2D eigenvalue weighted by Gasteiger charge is -2.26. The van der Waals surface area contributed by atoms with Gasteiger partial charge in [0.05, 0.1) is 0 Å². The van der Waals surface area contributed by atoms with E-state index in [4.69, 9.17) is 0 Å². The number of halogens is 3. The van der Waals surface area contributed by atoms with Gasteiger partial charge in [-0.2, -0.15) is 0 Å². The molecule has 1 aromatic carbocycles. The minimum Gasteiger partial charge on any atom is -0.406 e. The SMILES string of the molecule is CC(C)N(C(=O)c1ccc(OC(F)(F)F)cc1)C1CC1. The fraction of sp³-hybridized carbons (Fsp3) is 0.500. The molecular formula is C14H16F3NO2. The van der Waals surface area contributed by atoms with Crippen molar-refractivity contribution in [1.82, 2.24) is 4.90 Å². The summed E-state index contributed by atoms with van der Waals surface area (Å²) >= 11 is 0. The van der Waals surface area contributed by atoms with Crippen LogP contribution in [0, 0.1) is 0 Å². The second-order valence-electron chi connectivity index (χ2n) is 5.11. The molecule has 110 valence electrons. The molecule has 1 amide bonds. The zero-order valence-electron chi connectivity index (χ0n) is 11.3. The van der Waals surface area contributed by atoms with Gasteiger partial charge in [-0.15, -0.1) is 13.2 Å². The molecule has 20 heavy (non-hydrogen) atoms. The Morgan fingerprint density at radius 2 is 1.80 bits per heavy atom. The third kappa shape index (κ3) is 3.65. The Balaban J connectivity index is 2.10. The van der Waals surface area contributed by atoms with Crippen molar-refractivity contribution < 1.29 is 22.7 Å². The van der Waals surface area contributed by atoms with Crippen LogP contribution in [0.4, 0.5) is 13.2 Å². The van der Waals surface area contributed by atoms with Gasteiger partial charge in [0, 0.05) is 17.6 Å². The molecule has 3 nitrogen and oxygen atoms in total. The number of rotatable bonds is 4. The van der Waals surface area contributed by atoms with Crippen molar-refractivity contribution in [2.45, 2.75) is 45.1 Å². The van der Waals surface area contributed by atoms with E-state index >= 15 is 0 Å². The molecule has 6 heteroatoms. The smallest absolute Gasteiger partial charge is 0.406 e. The second-order valence-corrected chi connectivity index (χ2v) is 5.11. The number of benzene rings is 1. The van der Waals surface area contributed by atoms with Crippen LogP contribution in [-0.2, 0) is 0 Å². The summed E-state index contributed by atoms with van der Waals surface area (Å²) in [5.74, 6) is -0.474. The Morgan fingerprint density at radius 3 is 2.20 bits per heavy atom. The van der Waals surface area contributed by atoms with E-state index in [1.54, 1.807) is 4.90 Å². The third-order valence-corrected chi connectivity index (χ3v) is 3.07. The normalized spacial score (nSPS) is 15.3. The molecular weight excluding hydrogens is 271 g/mol. The molecule has 0 bridgehead atoms. The van der Waals surface area contributed by atoms with Gasteiger partial charge in [0.15, 0.2) is 0 Å². The summed E-state index contributed by atoms with van der Waals surface area (Å²) in [6, 6.07) is 5.37. The Morgan fingerprint density at radius 1 is 1.25 bits per heavy atom. The van der Waals surface area contributed by atoms with E-state index in [9.17, 15) is 18.0 Å². The van der Waals surface area contributed by atoms with Gasteiger partial charge in [0.2, 0.25) is 0 Å².